The molecule has 6 heteroatoms. The minimum absolute atomic E-state index is 0.0343. The average molecular weight is 327 g/mol. The molecule has 0 fully saturated rings. The Labute approximate surface area is 141 Å². The monoisotopic (exact) mass is 327 g/mol. The maximum Gasteiger partial charge on any atom is 0.226 e. The Bertz CT molecular complexity index is 795. The molecule has 126 valence electrons. The number of nitrogens with zero attached hydrogens (tertiary/aromatic N) is 2. The summed E-state index contributed by atoms with van der Waals surface area (Å²) in [5.41, 5.74) is 2.84. The van der Waals surface area contributed by atoms with Crippen molar-refractivity contribution in [2.75, 3.05) is 19.0 Å². The Morgan fingerprint density at radius 2 is 2.29 bits per heavy atom. The lowest BCUT2D eigenvalue weighted by molar-refractivity contribution is -0.116. The Balaban J connectivity index is 2.16. The van der Waals surface area contributed by atoms with Crippen LogP contribution in [0.1, 0.15) is 29.2 Å². The summed E-state index contributed by atoms with van der Waals surface area (Å²) >= 11 is 0. The summed E-state index contributed by atoms with van der Waals surface area (Å²) in [6.45, 7) is 6.01. The molecule has 0 saturated heterocycles. The summed E-state index contributed by atoms with van der Waals surface area (Å²) in [6.07, 6.45) is 2.03. The highest BCUT2D eigenvalue weighted by Crippen LogP contribution is 2.45. The van der Waals surface area contributed by atoms with Gasteiger partial charge in [-0.15, -0.1) is 0 Å². The summed E-state index contributed by atoms with van der Waals surface area (Å²) < 4.78 is 13.0. The maximum absolute atomic E-state index is 12.2. The Hall–Kier alpha value is -2.76. The van der Waals surface area contributed by atoms with Crippen LogP contribution >= 0.6 is 0 Å². The molecule has 0 radical (unpaired) electrons. The molecule has 6 nitrogen and oxygen atoms in total. The molecule has 0 bridgehead atoms. The summed E-state index contributed by atoms with van der Waals surface area (Å²) in [5, 5.41) is 7.36. The smallest absolute Gasteiger partial charge is 0.226 e. The van der Waals surface area contributed by atoms with Crippen molar-refractivity contribution in [1.29, 1.82) is 0 Å². The lowest BCUT2D eigenvalue weighted by atomic mass is 9.85. The highest BCUT2D eigenvalue weighted by Gasteiger charge is 2.33. The van der Waals surface area contributed by atoms with Crippen LogP contribution in [0.2, 0.25) is 0 Å². The van der Waals surface area contributed by atoms with Crippen molar-refractivity contribution >= 4 is 11.7 Å². The van der Waals surface area contributed by atoms with Crippen LogP contribution in [0.4, 0.5) is 5.82 Å². The zero-order chi connectivity index (χ0) is 17.3. The second kappa shape index (κ2) is 6.39. The van der Waals surface area contributed by atoms with Gasteiger partial charge in [-0.05, 0) is 13.0 Å². The van der Waals surface area contributed by atoms with Gasteiger partial charge in [0.05, 0.1) is 12.8 Å². The van der Waals surface area contributed by atoms with E-state index >= 15 is 0 Å². The number of fused-ring (bicyclic) bond motifs is 1. The van der Waals surface area contributed by atoms with Crippen LogP contribution in [0.3, 0.4) is 0 Å². The number of amides is 1. The van der Waals surface area contributed by atoms with Crippen LogP contribution in [-0.4, -0.2) is 29.4 Å². The molecular weight excluding hydrogens is 306 g/mol. The number of aromatic nitrogens is 2. The first kappa shape index (κ1) is 16.1. The third kappa shape index (κ3) is 2.64. The number of methoxy groups -OCH3 is 1. The van der Waals surface area contributed by atoms with Crippen molar-refractivity contribution in [2.24, 2.45) is 7.05 Å². The highest BCUT2D eigenvalue weighted by atomic mass is 16.5. The number of hydrogen-bond acceptors (Lipinski definition) is 4. The van der Waals surface area contributed by atoms with Crippen LogP contribution < -0.4 is 14.8 Å². The Morgan fingerprint density at radius 3 is 3.00 bits per heavy atom. The van der Waals surface area contributed by atoms with Gasteiger partial charge in [0.1, 0.15) is 12.4 Å². The van der Waals surface area contributed by atoms with Gasteiger partial charge in [0, 0.05) is 30.5 Å². The first-order valence-corrected chi connectivity index (χ1v) is 7.80. The SMILES string of the molecule is C=CCOc1c(OC)cccc1C1CC(=O)Nc2c1c(C)nn2C. The number of ether oxygens (including phenoxy) is 2. The highest BCUT2D eigenvalue weighted by molar-refractivity contribution is 5.94. The molecule has 1 atom stereocenters. The molecule has 1 unspecified atom stereocenters. The second-order valence-electron chi connectivity index (χ2n) is 5.75. The van der Waals surface area contributed by atoms with E-state index in [1.165, 1.54) is 0 Å². The van der Waals surface area contributed by atoms with Gasteiger partial charge in [-0.3, -0.25) is 9.48 Å². The van der Waals surface area contributed by atoms with E-state index < -0.39 is 0 Å². The first-order valence-electron chi connectivity index (χ1n) is 7.80. The van der Waals surface area contributed by atoms with Gasteiger partial charge < -0.3 is 14.8 Å². The predicted octanol–water partition coefficient (Wildman–Crippen LogP) is 2.78. The zero-order valence-corrected chi connectivity index (χ0v) is 14.1. The molecule has 2 heterocycles. The van der Waals surface area contributed by atoms with Gasteiger partial charge in [0.25, 0.3) is 0 Å². The largest absolute Gasteiger partial charge is 0.493 e. The lowest BCUT2D eigenvalue weighted by Gasteiger charge is -2.26. The topological polar surface area (TPSA) is 65.4 Å². The van der Waals surface area contributed by atoms with Gasteiger partial charge in [-0.2, -0.15) is 5.10 Å². The molecule has 1 aliphatic rings. The molecule has 24 heavy (non-hydrogen) atoms. The molecule has 1 N–H and O–H groups in total. The number of hydrogen-bond donors (Lipinski definition) is 1. The third-order valence-electron chi connectivity index (χ3n) is 4.21. The first-order chi connectivity index (χ1) is 11.6. The van der Waals surface area contributed by atoms with E-state index in [1.54, 1.807) is 17.9 Å². The normalized spacial score (nSPS) is 16.3. The van der Waals surface area contributed by atoms with Crippen molar-refractivity contribution in [3.8, 4) is 11.5 Å². The number of benzene rings is 1. The van der Waals surface area contributed by atoms with E-state index in [2.05, 4.69) is 17.0 Å². The molecule has 0 saturated carbocycles. The number of carbonyl (C=O) groups is 1. The van der Waals surface area contributed by atoms with Gasteiger partial charge in [0.15, 0.2) is 11.5 Å². The number of anilines is 1. The fourth-order valence-electron chi connectivity index (χ4n) is 3.24. The van der Waals surface area contributed by atoms with E-state index in [0.717, 1.165) is 22.6 Å². The molecule has 0 spiro atoms. The molecule has 1 amide bonds. The molecule has 0 aliphatic carbocycles. The lowest BCUT2D eigenvalue weighted by Crippen LogP contribution is -2.25. The second-order valence-corrected chi connectivity index (χ2v) is 5.75. The van der Waals surface area contributed by atoms with Crippen LogP contribution in [0.15, 0.2) is 30.9 Å². The molecule has 1 aliphatic heterocycles. The van der Waals surface area contributed by atoms with Crippen molar-refractivity contribution in [1.82, 2.24) is 9.78 Å². The number of rotatable bonds is 5. The fourth-order valence-corrected chi connectivity index (χ4v) is 3.24. The molecule has 1 aromatic heterocycles. The van der Waals surface area contributed by atoms with Crippen molar-refractivity contribution < 1.29 is 14.3 Å². The average Bonchev–Trinajstić information content (AvgIpc) is 2.86. The predicted molar refractivity (Wildman–Crippen MR) is 91.7 cm³/mol. The number of nitrogens with one attached hydrogen (secondary N) is 1. The van der Waals surface area contributed by atoms with Gasteiger partial charge in [-0.1, -0.05) is 24.8 Å². The quantitative estimate of drug-likeness (QED) is 0.858. The van der Waals surface area contributed by atoms with Gasteiger partial charge in [0.2, 0.25) is 5.91 Å². The van der Waals surface area contributed by atoms with E-state index in [9.17, 15) is 4.79 Å². The van der Waals surface area contributed by atoms with E-state index in [0.29, 0.717) is 24.5 Å². The minimum Gasteiger partial charge on any atom is -0.493 e. The standard InChI is InChI=1S/C18H21N3O3/c1-5-9-24-17-12(7-6-8-14(17)23-4)13-10-15(22)19-18-16(13)11(2)20-21(18)3/h5-8,13H,1,9-10H2,2-4H3,(H,19,22). The van der Waals surface area contributed by atoms with E-state index in [1.807, 2.05) is 32.2 Å². The summed E-state index contributed by atoms with van der Waals surface area (Å²) in [7, 11) is 3.43. The van der Waals surface area contributed by atoms with Crippen LogP contribution in [0.25, 0.3) is 0 Å². The van der Waals surface area contributed by atoms with Crippen molar-refractivity contribution in [2.45, 2.75) is 19.3 Å². The summed E-state index contributed by atoms with van der Waals surface area (Å²) in [6, 6.07) is 5.73. The molecular formula is C18H21N3O3. The van der Waals surface area contributed by atoms with Gasteiger partial charge >= 0.3 is 0 Å². The van der Waals surface area contributed by atoms with Gasteiger partial charge in [-0.25, -0.2) is 0 Å². The number of para-hydroxylation sites is 1. The van der Waals surface area contributed by atoms with Crippen LogP contribution in [-0.2, 0) is 11.8 Å². The zero-order valence-electron chi connectivity index (χ0n) is 14.1. The maximum atomic E-state index is 12.2. The van der Waals surface area contributed by atoms with Crippen LogP contribution in [0.5, 0.6) is 11.5 Å². The summed E-state index contributed by atoms with van der Waals surface area (Å²) in [5.74, 6) is 1.87. The summed E-state index contributed by atoms with van der Waals surface area (Å²) in [4.78, 5) is 12.2. The number of aryl methyl sites for hydroxylation is 2. The van der Waals surface area contributed by atoms with Crippen LogP contribution in [0, 0.1) is 6.92 Å². The van der Waals surface area contributed by atoms with E-state index in [4.69, 9.17) is 9.47 Å². The molecule has 2 aromatic rings. The van der Waals surface area contributed by atoms with Crippen molar-refractivity contribution in [3.63, 3.8) is 0 Å². The molecule has 1 aromatic carbocycles. The number of carbonyl (C=O) groups excluding carboxylic acids is 1. The molecule has 3 rings (SSSR count). The fraction of sp³-hybridized carbons (Fsp3) is 0.333. The third-order valence-corrected chi connectivity index (χ3v) is 4.21. The van der Waals surface area contributed by atoms with Crippen molar-refractivity contribution in [3.05, 3.63) is 47.7 Å². The van der Waals surface area contributed by atoms with E-state index in [-0.39, 0.29) is 11.8 Å². The Kier molecular flexibility index (Phi) is 4.29. The Morgan fingerprint density at radius 1 is 1.50 bits per heavy atom. The minimum atomic E-state index is -0.127.